The average molecular weight is 496 g/mol. The number of hydrogen-bond donors (Lipinski definition) is 2. The first-order valence-electron chi connectivity index (χ1n) is 10.9. The molecule has 1 aliphatic heterocycles. The zero-order valence-corrected chi connectivity index (χ0v) is 21.3. The molecule has 0 aromatic heterocycles. The summed E-state index contributed by atoms with van der Waals surface area (Å²) in [4.78, 5) is 10.0. The van der Waals surface area contributed by atoms with E-state index in [0.29, 0.717) is 24.0 Å². The van der Waals surface area contributed by atoms with Crippen LogP contribution < -0.4 is 10.6 Å². The van der Waals surface area contributed by atoms with Gasteiger partial charge in [0.05, 0.1) is 0 Å². The number of aliphatic imine (C=N–C) groups is 1. The Labute approximate surface area is 186 Å². The van der Waals surface area contributed by atoms with Gasteiger partial charge in [-0.2, -0.15) is 0 Å². The average Bonchev–Trinajstić information content (AvgIpc) is 2.58. The highest BCUT2D eigenvalue weighted by Gasteiger charge is 2.21. The summed E-state index contributed by atoms with van der Waals surface area (Å²) in [6.07, 6.45) is 3.76. The molecule has 1 saturated heterocycles. The summed E-state index contributed by atoms with van der Waals surface area (Å²) in [6, 6.07) is 1.86. The van der Waals surface area contributed by atoms with Crippen molar-refractivity contribution in [1.29, 1.82) is 0 Å². The standard InChI is InChI=1S/C21H45N5.HI/c1-8-22-21(23-12-10-14-26(18(4)5)19(6)7)24-15-20-11-9-13-25(16-20)17(2)3;/h17-20H,8-16H2,1-7H3,(H2,22,23,24);1H. The lowest BCUT2D eigenvalue weighted by Gasteiger charge is -2.34. The van der Waals surface area contributed by atoms with Crippen molar-refractivity contribution in [2.75, 3.05) is 39.3 Å². The van der Waals surface area contributed by atoms with Gasteiger partial charge in [-0.15, -0.1) is 24.0 Å². The van der Waals surface area contributed by atoms with Gasteiger partial charge in [0.15, 0.2) is 5.96 Å². The number of nitrogens with one attached hydrogen (secondary N) is 2. The van der Waals surface area contributed by atoms with E-state index in [4.69, 9.17) is 4.99 Å². The molecule has 0 radical (unpaired) electrons. The summed E-state index contributed by atoms with van der Waals surface area (Å²) >= 11 is 0. The first-order chi connectivity index (χ1) is 12.3. The van der Waals surface area contributed by atoms with E-state index in [2.05, 4.69) is 68.9 Å². The Morgan fingerprint density at radius 3 is 2.33 bits per heavy atom. The maximum absolute atomic E-state index is 4.87. The molecule has 0 saturated carbocycles. The third-order valence-corrected chi connectivity index (χ3v) is 5.34. The number of hydrogen-bond acceptors (Lipinski definition) is 3. The van der Waals surface area contributed by atoms with Gasteiger partial charge in [-0.1, -0.05) is 0 Å². The fourth-order valence-electron chi connectivity index (χ4n) is 3.86. The van der Waals surface area contributed by atoms with Crippen molar-refractivity contribution in [1.82, 2.24) is 20.4 Å². The zero-order chi connectivity index (χ0) is 19.5. The van der Waals surface area contributed by atoms with Crippen molar-refractivity contribution in [3.05, 3.63) is 0 Å². The van der Waals surface area contributed by atoms with Gasteiger partial charge in [0.1, 0.15) is 0 Å². The topological polar surface area (TPSA) is 42.9 Å². The van der Waals surface area contributed by atoms with Crippen molar-refractivity contribution < 1.29 is 0 Å². The first-order valence-corrected chi connectivity index (χ1v) is 10.9. The molecule has 0 aromatic carbocycles. The number of guanidine groups is 1. The van der Waals surface area contributed by atoms with Crippen LogP contribution in [0.15, 0.2) is 4.99 Å². The first kappa shape index (κ1) is 26.9. The maximum Gasteiger partial charge on any atom is 0.191 e. The molecule has 0 amide bonds. The largest absolute Gasteiger partial charge is 0.357 e. The van der Waals surface area contributed by atoms with Crippen LogP contribution in [0.5, 0.6) is 0 Å². The lowest BCUT2D eigenvalue weighted by Crippen LogP contribution is -2.43. The highest BCUT2D eigenvalue weighted by molar-refractivity contribution is 14.0. The Morgan fingerprint density at radius 1 is 1.11 bits per heavy atom. The van der Waals surface area contributed by atoms with E-state index in [-0.39, 0.29) is 24.0 Å². The molecule has 1 rings (SSSR count). The molecule has 27 heavy (non-hydrogen) atoms. The number of piperidine rings is 1. The van der Waals surface area contributed by atoms with Crippen LogP contribution in [0.2, 0.25) is 0 Å². The molecule has 1 unspecified atom stereocenters. The molecule has 0 spiro atoms. The highest BCUT2D eigenvalue weighted by atomic mass is 127. The molecule has 6 heteroatoms. The Balaban J connectivity index is 0.00000676. The Hall–Kier alpha value is -0.0800. The molecule has 0 aliphatic carbocycles. The molecule has 2 N–H and O–H groups in total. The summed E-state index contributed by atoms with van der Waals surface area (Å²) in [6.45, 7) is 22.3. The van der Waals surface area contributed by atoms with E-state index in [1.807, 2.05) is 0 Å². The Bertz CT molecular complexity index is 390. The molecular formula is C21H46IN5. The van der Waals surface area contributed by atoms with Crippen molar-refractivity contribution >= 4 is 29.9 Å². The molecule has 5 nitrogen and oxygen atoms in total. The van der Waals surface area contributed by atoms with Crippen molar-refractivity contribution in [2.24, 2.45) is 10.9 Å². The minimum absolute atomic E-state index is 0. The number of halogens is 1. The molecule has 0 aromatic rings. The monoisotopic (exact) mass is 495 g/mol. The van der Waals surface area contributed by atoms with Gasteiger partial charge >= 0.3 is 0 Å². The summed E-state index contributed by atoms with van der Waals surface area (Å²) in [5, 5.41) is 6.93. The third kappa shape index (κ3) is 10.9. The second-order valence-corrected chi connectivity index (χ2v) is 8.52. The maximum atomic E-state index is 4.87. The lowest BCUT2D eigenvalue weighted by molar-refractivity contribution is 0.143. The fourth-order valence-corrected chi connectivity index (χ4v) is 3.86. The lowest BCUT2D eigenvalue weighted by atomic mass is 9.97. The van der Waals surface area contributed by atoms with Crippen LogP contribution in [0.3, 0.4) is 0 Å². The minimum atomic E-state index is 0. The molecule has 1 aliphatic rings. The normalized spacial score (nSPS) is 19.1. The quantitative estimate of drug-likeness (QED) is 0.210. The van der Waals surface area contributed by atoms with Gasteiger partial charge in [-0.05, 0) is 80.2 Å². The van der Waals surface area contributed by atoms with Crippen LogP contribution in [0.1, 0.15) is 67.7 Å². The van der Waals surface area contributed by atoms with E-state index >= 15 is 0 Å². The molecule has 0 bridgehead atoms. The van der Waals surface area contributed by atoms with Gasteiger partial charge in [-0.25, -0.2) is 0 Å². The van der Waals surface area contributed by atoms with Gasteiger partial charge < -0.3 is 15.5 Å². The van der Waals surface area contributed by atoms with Crippen LogP contribution >= 0.6 is 24.0 Å². The molecular weight excluding hydrogens is 449 g/mol. The SMILES string of the molecule is CCNC(=NCC1CCCN(C(C)C)C1)NCCCN(C(C)C)C(C)C.I. The minimum Gasteiger partial charge on any atom is -0.357 e. The van der Waals surface area contributed by atoms with Gasteiger partial charge in [0, 0.05) is 50.8 Å². The summed E-state index contributed by atoms with van der Waals surface area (Å²) < 4.78 is 0. The van der Waals surface area contributed by atoms with Crippen molar-refractivity contribution in [3.63, 3.8) is 0 Å². The molecule has 1 fully saturated rings. The highest BCUT2D eigenvalue weighted by Crippen LogP contribution is 2.18. The fraction of sp³-hybridized carbons (Fsp3) is 0.952. The van der Waals surface area contributed by atoms with Crippen LogP contribution in [0, 0.1) is 5.92 Å². The number of likely N-dealkylation sites (tertiary alicyclic amines) is 1. The second-order valence-electron chi connectivity index (χ2n) is 8.52. The number of rotatable bonds is 10. The molecule has 1 heterocycles. The number of nitrogens with zero attached hydrogens (tertiary/aromatic N) is 3. The van der Waals surface area contributed by atoms with Crippen LogP contribution in [0.25, 0.3) is 0 Å². The molecule has 1 atom stereocenters. The Morgan fingerprint density at radius 2 is 1.78 bits per heavy atom. The van der Waals surface area contributed by atoms with Crippen LogP contribution in [0.4, 0.5) is 0 Å². The smallest absolute Gasteiger partial charge is 0.191 e. The predicted molar refractivity (Wildman–Crippen MR) is 130 cm³/mol. The summed E-state index contributed by atoms with van der Waals surface area (Å²) in [5.41, 5.74) is 0. The Kier molecular flexibility index (Phi) is 14.8. The van der Waals surface area contributed by atoms with E-state index in [1.165, 1.54) is 25.9 Å². The van der Waals surface area contributed by atoms with Crippen LogP contribution in [-0.2, 0) is 0 Å². The second kappa shape index (κ2) is 14.9. The van der Waals surface area contributed by atoms with E-state index in [9.17, 15) is 0 Å². The van der Waals surface area contributed by atoms with Gasteiger partial charge in [0.2, 0.25) is 0 Å². The molecule has 162 valence electrons. The predicted octanol–water partition coefficient (Wildman–Crippen LogP) is 3.79. The van der Waals surface area contributed by atoms with Crippen LogP contribution in [-0.4, -0.2) is 73.2 Å². The van der Waals surface area contributed by atoms with E-state index in [0.717, 1.165) is 38.6 Å². The van der Waals surface area contributed by atoms with Gasteiger partial charge in [0.25, 0.3) is 0 Å². The summed E-state index contributed by atoms with van der Waals surface area (Å²) in [5.74, 6) is 1.67. The van der Waals surface area contributed by atoms with E-state index < -0.39 is 0 Å². The zero-order valence-electron chi connectivity index (χ0n) is 18.9. The third-order valence-electron chi connectivity index (χ3n) is 5.34. The van der Waals surface area contributed by atoms with E-state index in [1.54, 1.807) is 0 Å². The summed E-state index contributed by atoms with van der Waals surface area (Å²) in [7, 11) is 0. The van der Waals surface area contributed by atoms with Gasteiger partial charge in [-0.3, -0.25) is 9.89 Å². The van der Waals surface area contributed by atoms with Crippen molar-refractivity contribution in [3.8, 4) is 0 Å². The van der Waals surface area contributed by atoms with Crippen molar-refractivity contribution in [2.45, 2.75) is 85.9 Å².